The Labute approximate surface area is 121 Å². The molecule has 0 unspecified atom stereocenters. The summed E-state index contributed by atoms with van der Waals surface area (Å²) >= 11 is 1.43. The van der Waals surface area contributed by atoms with E-state index in [1.165, 1.54) is 16.9 Å². The highest BCUT2D eigenvalue weighted by Crippen LogP contribution is 2.19. The largest absolute Gasteiger partial charge is 0.493 e. The number of rotatable bonds is 5. The summed E-state index contributed by atoms with van der Waals surface area (Å²) in [5.41, 5.74) is 4.74. The zero-order chi connectivity index (χ0) is 14.5. The maximum Gasteiger partial charge on any atom is 0.284 e. The minimum Gasteiger partial charge on any atom is -0.493 e. The number of nitrogens with two attached hydrogens (primary N) is 1. The summed E-state index contributed by atoms with van der Waals surface area (Å²) < 4.78 is 5.73. The molecule has 1 aromatic carbocycles. The molecular weight excluding hydrogens is 274 g/mol. The highest BCUT2D eigenvalue weighted by Gasteiger charge is 2.09. The van der Waals surface area contributed by atoms with Crippen LogP contribution in [0.15, 0.2) is 23.6 Å². The zero-order valence-corrected chi connectivity index (χ0v) is 12.3. The van der Waals surface area contributed by atoms with Gasteiger partial charge in [-0.1, -0.05) is 17.7 Å². The van der Waals surface area contributed by atoms with Gasteiger partial charge in [0.25, 0.3) is 5.91 Å². The summed E-state index contributed by atoms with van der Waals surface area (Å²) in [7, 11) is 0. The molecule has 0 bridgehead atoms. The van der Waals surface area contributed by atoms with E-state index in [1.807, 2.05) is 19.1 Å². The van der Waals surface area contributed by atoms with Crippen LogP contribution in [-0.4, -0.2) is 17.5 Å². The molecule has 0 aliphatic carbocycles. The van der Waals surface area contributed by atoms with Crippen molar-refractivity contribution in [2.75, 3.05) is 6.61 Å². The van der Waals surface area contributed by atoms with Crippen molar-refractivity contribution in [1.29, 1.82) is 0 Å². The third-order valence-electron chi connectivity index (χ3n) is 2.82. The summed E-state index contributed by atoms with van der Waals surface area (Å²) in [4.78, 5) is 15.5. The van der Waals surface area contributed by atoms with E-state index in [2.05, 4.69) is 23.4 Å². The highest BCUT2D eigenvalue weighted by atomic mass is 32.1. The lowest BCUT2D eigenvalue weighted by Gasteiger charge is -2.08. The molecule has 2 rings (SSSR count). The molecule has 0 aliphatic rings. The van der Waals surface area contributed by atoms with Crippen LogP contribution in [0.1, 0.15) is 26.6 Å². The standard InChI is InChI=1S/C14H17N3O2S/c1-9-3-4-12(10(2)7-9)19-6-5-13-16-11(8-20-13)14(18)17-15/h3-4,7-8H,5-6,15H2,1-2H3,(H,17,18). The summed E-state index contributed by atoms with van der Waals surface area (Å²) in [6, 6.07) is 6.08. The first-order valence-corrected chi connectivity index (χ1v) is 7.13. The van der Waals surface area contributed by atoms with Crippen molar-refractivity contribution in [3.8, 4) is 5.75 Å². The van der Waals surface area contributed by atoms with Crippen molar-refractivity contribution in [3.63, 3.8) is 0 Å². The average molecular weight is 291 g/mol. The van der Waals surface area contributed by atoms with E-state index in [-0.39, 0.29) is 5.91 Å². The van der Waals surface area contributed by atoms with Crippen molar-refractivity contribution < 1.29 is 9.53 Å². The van der Waals surface area contributed by atoms with Crippen LogP contribution in [0.5, 0.6) is 5.75 Å². The molecule has 0 radical (unpaired) electrons. The molecule has 0 atom stereocenters. The lowest BCUT2D eigenvalue weighted by molar-refractivity contribution is 0.0949. The van der Waals surface area contributed by atoms with Crippen molar-refractivity contribution in [3.05, 3.63) is 45.4 Å². The predicted molar refractivity (Wildman–Crippen MR) is 78.9 cm³/mol. The molecule has 0 saturated heterocycles. The predicted octanol–water partition coefficient (Wildman–Crippen LogP) is 1.98. The van der Waals surface area contributed by atoms with Crippen LogP contribution in [0.2, 0.25) is 0 Å². The summed E-state index contributed by atoms with van der Waals surface area (Å²) in [6.07, 6.45) is 0.663. The number of nitrogens with zero attached hydrogens (tertiary/aromatic N) is 1. The monoisotopic (exact) mass is 291 g/mol. The quantitative estimate of drug-likeness (QED) is 0.502. The first kappa shape index (κ1) is 14.5. The van der Waals surface area contributed by atoms with Crippen molar-refractivity contribution in [2.45, 2.75) is 20.3 Å². The normalized spacial score (nSPS) is 10.3. The molecule has 6 heteroatoms. The Morgan fingerprint density at radius 2 is 2.25 bits per heavy atom. The van der Waals surface area contributed by atoms with Gasteiger partial charge in [-0.25, -0.2) is 10.8 Å². The Balaban J connectivity index is 1.89. The van der Waals surface area contributed by atoms with Crippen LogP contribution in [0.25, 0.3) is 0 Å². The third kappa shape index (κ3) is 3.55. The van der Waals surface area contributed by atoms with Crippen LogP contribution in [-0.2, 0) is 6.42 Å². The number of thiazole rings is 1. The number of ether oxygens (including phenoxy) is 1. The lowest BCUT2D eigenvalue weighted by Crippen LogP contribution is -2.30. The van der Waals surface area contributed by atoms with Gasteiger partial charge in [0, 0.05) is 11.8 Å². The van der Waals surface area contributed by atoms with Gasteiger partial charge in [0.2, 0.25) is 0 Å². The van der Waals surface area contributed by atoms with E-state index in [1.54, 1.807) is 5.38 Å². The van der Waals surface area contributed by atoms with Crippen LogP contribution < -0.4 is 16.0 Å². The number of aromatic nitrogens is 1. The van der Waals surface area contributed by atoms with Gasteiger partial charge in [-0.2, -0.15) is 0 Å². The van der Waals surface area contributed by atoms with Gasteiger partial charge >= 0.3 is 0 Å². The van der Waals surface area contributed by atoms with Gasteiger partial charge in [0.15, 0.2) is 0 Å². The molecule has 0 aliphatic heterocycles. The summed E-state index contributed by atoms with van der Waals surface area (Å²) in [5, 5.41) is 2.54. The SMILES string of the molecule is Cc1ccc(OCCc2nc(C(=O)NN)cs2)c(C)c1. The van der Waals surface area contributed by atoms with E-state index in [9.17, 15) is 4.79 Å². The number of hydrogen-bond acceptors (Lipinski definition) is 5. The Morgan fingerprint density at radius 1 is 1.45 bits per heavy atom. The Bertz CT molecular complexity index is 610. The second-order valence-electron chi connectivity index (χ2n) is 4.47. The molecule has 0 fully saturated rings. The maximum atomic E-state index is 11.3. The van der Waals surface area contributed by atoms with E-state index in [0.29, 0.717) is 18.7 Å². The van der Waals surface area contributed by atoms with Crippen molar-refractivity contribution in [1.82, 2.24) is 10.4 Å². The van der Waals surface area contributed by atoms with E-state index in [4.69, 9.17) is 10.6 Å². The number of amides is 1. The van der Waals surface area contributed by atoms with Crippen LogP contribution in [0, 0.1) is 13.8 Å². The zero-order valence-electron chi connectivity index (χ0n) is 11.5. The minimum atomic E-state index is -0.372. The number of carbonyl (C=O) groups excluding carboxylic acids is 1. The van der Waals surface area contributed by atoms with Gasteiger partial charge in [-0.3, -0.25) is 10.2 Å². The maximum absolute atomic E-state index is 11.3. The molecule has 1 aromatic heterocycles. The number of carbonyl (C=O) groups is 1. The fraction of sp³-hybridized carbons (Fsp3) is 0.286. The number of nitrogens with one attached hydrogen (secondary N) is 1. The lowest BCUT2D eigenvalue weighted by atomic mass is 10.1. The highest BCUT2D eigenvalue weighted by molar-refractivity contribution is 7.09. The smallest absolute Gasteiger partial charge is 0.284 e. The summed E-state index contributed by atoms with van der Waals surface area (Å²) in [5.74, 6) is 5.57. The second kappa shape index (κ2) is 6.49. The summed E-state index contributed by atoms with van der Waals surface area (Å²) in [6.45, 7) is 4.60. The van der Waals surface area contributed by atoms with Crippen molar-refractivity contribution >= 4 is 17.2 Å². The molecule has 1 amide bonds. The second-order valence-corrected chi connectivity index (χ2v) is 5.41. The van der Waals surface area contributed by atoms with Crippen LogP contribution in [0.4, 0.5) is 0 Å². The third-order valence-corrected chi connectivity index (χ3v) is 3.73. The van der Waals surface area contributed by atoms with Gasteiger partial charge in [-0.05, 0) is 25.5 Å². The van der Waals surface area contributed by atoms with E-state index >= 15 is 0 Å². The molecular formula is C14H17N3O2S. The van der Waals surface area contributed by atoms with Crippen molar-refractivity contribution in [2.24, 2.45) is 5.84 Å². The Kier molecular flexibility index (Phi) is 4.70. The first-order valence-electron chi connectivity index (χ1n) is 6.25. The fourth-order valence-electron chi connectivity index (χ4n) is 1.81. The number of hydrogen-bond donors (Lipinski definition) is 2. The first-order chi connectivity index (χ1) is 9.60. The molecule has 20 heavy (non-hydrogen) atoms. The minimum absolute atomic E-state index is 0.346. The number of benzene rings is 1. The molecule has 106 valence electrons. The topological polar surface area (TPSA) is 77.2 Å². The molecule has 1 heterocycles. The number of nitrogen functional groups attached to an aromatic ring is 1. The van der Waals surface area contributed by atoms with Crippen LogP contribution >= 0.6 is 11.3 Å². The van der Waals surface area contributed by atoms with Crippen LogP contribution in [0.3, 0.4) is 0 Å². The van der Waals surface area contributed by atoms with Gasteiger partial charge in [0.1, 0.15) is 11.4 Å². The van der Waals surface area contributed by atoms with Gasteiger partial charge in [0.05, 0.1) is 11.6 Å². The van der Waals surface area contributed by atoms with E-state index in [0.717, 1.165) is 16.3 Å². The Morgan fingerprint density at radius 3 is 2.95 bits per heavy atom. The molecule has 2 aromatic rings. The molecule has 5 nitrogen and oxygen atoms in total. The molecule has 3 N–H and O–H groups in total. The van der Waals surface area contributed by atoms with E-state index < -0.39 is 0 Å². The molecule has 0 spiro atoms. The number of hydrazine groups is 1. The number of aryl methyl sites for hydroxylation is 2. The van der Waals surface area contributed by atoms with Gasteiger partial charge in [-0.15, -0.1) is 11.3 Å². The Hall–Kier alpha value is -1.92. The molecule has 0 saturated carbocycles. The fourth-order valence-corrected chi connectivity index (χ4v) is 2.57. The average Bonchev–Trinajstić information content (AvgIpc) is 2.89. The van der Waals surface area contributed by atoms with Gasteiger partial charge < -0.3 is 4.74 Å².